The number of nitrogens with two attached hydrogens (primary N) is 1. The minimum Gasteiger partial charge on any atom is -0.355 e. The Morgan fingerprint density at radius 3 is 2.61 bits per heavy atom. The van der Waals surface area contributed by atoms with Crippen LogP contribution in [0, 0.1) is 0 Å². The summed E-state index contributed by atoms with van der Waals surface area (Å²) in [6.07, 6.45) is 1.83. The first-order valence-corrected chi connectivity index (χ1v) is 6.61. The molecule has 18 heavy (non-hydrogen) atoms. The fourth-order valence-corrected chi connectivity index (χ4v) is 2.15. The van der Waals surface area contributed by atoms with E-state index in [2.05, 4.69) is 5.32 Å². The standard InChI is InChI=1S/C14H21ClN2O/c1-14(2,11-7-3-4-8-12(11)15)13(18)17-10-6-5-9-16/h3-4,7-8H,5-6,9-10,16H2,1-2H3,(H,17,18). The quantitative estimate of drug-likeness (QED) is 0.779. The van der Waals surface area contributed by atoms with Crippen molar-refractivity contribution < 1.29 is 4.79 Å². The van der Waals surface area contributed by atoms with Crippen LogP contribution < -0.4 is 11.1 Å². The minimum absolute atomic E-state index is 0.00683. The molecule has 0 fully saturated rings. The molecule has 3 nitrogen and oxygen atoms in total. The number of carbonyl (C=O) groups is 1. The lowest BCUT2D eigenvalue weighted by molar-refractivity contribution is -0.125. The van der Waals surface area contributed by atoms with Crippen LogP contribution in [0.2, 0.25) is 5.02 Å². The van der Waals surface area contributed by atoms with Crippen molar-refractivity contribution in [1.82, 2.24) is 5.32 Å². The summed E-state index contributed by atoms with van der Waals surface area (Å²) >= 11 is 6.14. The Balaban J connectivity index is 2.68. The number of nitrogens with one attached hydrogen (secondary N) is 1. The number of amides is 1. The van der Waals surface area contributed by atoms with Crippen LogP contribution in [0.3, 0.4) is 0 Å². The molecule has 0 unspecified atom stereocenters. The Hall–Kier alpha value is -1.06. The number of hydrogen-bond donors (Lipinski definition) is 2. The number of hydrogen-bond acceptors (Lipinski definition) is 2. The smallest absolute Gasteiger partial charge is 0.230 e. The predicted octanol–water partition coefficient (Wildman–Crippen LogP) is 2.47. The molecule has 0 saturated heterocycles. The van der Waals surface area contributed by atoms with Crippen LogP contribution in [0.5, 0.6) is 0 Å². The second-order valence-corrected chi connectivity index (χ2v) is 5.26. The van der Waals surface area contributed by atoms with Crippen molar-refractivity contribution in [3.63, 3.8) is 0 Å². The summed E-state index contributed by atoms with van der Waals surface area (Å²) in [6, 6.07) is 7.45. The van der Waals surface area contributed by atoms with Gasteiger partial charge in [-0.05, 0) is 44.9 Å². The summed E-state index contributed by atoms with van der Waals surface area (Å²) < 4.78 is 0. The molecule has 100 valence electrons. The van der Waals surface area contributed by atoms with Crippen molar-refractivity contribution in [3.05, 3.63) is 34.9 Å². The molecule has 0 bridgehead atoms. The van der Waals surface area contributed by atoms with Gasteiger partial charge in [0.1, 0.15) is 0 Å². The van der Waals surface area contributed by atoms with E-state index >= 15 is 0 Å². The van der Waals surface area contributed by atoms with Gasteiger partial charge in [0, 0.05) is 11.6 Å². The first kappa shape index (κ1) is 15.0. The van der Waals surface area contributed by atoms with Gasteiger partial charge in [0.25, 0.3) is 0 Å². The molecule has 0 aliphatic heterocycles. The zero-order chi connectivity index (χ0) is 13.6. The van der Waals surface area contributed by atoms with Gasteiger partial charge in [0.05, 0.1) is 5.41 Å². The van der Waals surface area contributed by atoms with E-state index in [-0.39, 0.29) is 5.91 Å². The molecule has 1 amide bonds. The maximum Gasteiger partial charge on any atom is 0.230 e. The monoisotopic (exact) mass is 268 g/mol. The van der Waals surface area contributed by atoms with E-state index in [1.165, 1.54) is 0 Å². The van der Waals surface area contributed by atoms with Crippen LogP contribution in [-0.2, 0) is 10.2 Å². The Labute approximate surface area is 114 Å². The highest BCUT2D eigenvalue weighted by Crippen LogP contribution is 2.29. The van der Waals surface area contributed by atoms with Gasteiger partial charge in [-0.3, -0.25) is 4.79 Å². The Morgan fingerprint density at radius 2 is 2.00 bits per heavy atom. The van der Waals surface area contributed by atoms with Gasteiger partial charge in [-0.25, -0.2) is 0 Å². The third-order valence-corrected chi connectivity index (χ3v) is 3.36. The molecule has 3 N–H and O–H groups in total. The van der Waals surface area contributed by atoms with E-state index in [0.717, 1.165) is 18.4 Å². The molecule has 0 radical (unpaired) electrons. The molecule has 4 heteroatoms. The van der Waals surface area contributed by atoms with Gasteiger partial charge in [-0.15, -0.1) is 0 Å². The Kier molecular flexibility index (Phi) is 5.63. The summed E-state index contributed by atoms with van der Waals surface area (Å²) in [4.78, 5) is 12.2. The number of rotatable bonds is 6. The van der Waals surface area contributed by atoms with E-state index in [0.29, 0.717) is 18.1 Å². The van der Waals surface area contributed by atoms with Gasteiger partial charge < -0.3 is 11.1 Å². The first-order chi connectivity index (χ1) is 8.50. The van der Waals surface area contributed by atoms with E-state index in [1.807, 2.05) is 32.0 Å². The topological polar surface area (TPSA) is 55.1 Å². The second kappa shape index (κ2) is 6.76. The number of unbranched alkanes of at least 4 members (excludes halogenated alkanes) is 1. The van der Waals surface area contributed by atoms with E-state index in [9.17, 15) is 4.79 Å². The lowest BCUT2D eigenvalue weighted by atomic mass is 9.83. The van der Waals surface area contributed by atoms with Crippen LogP contribution >= 0.6 is 11.6 Å². The molecule has 1 aromatic carbocycles. The summed E-state index contributed by atoms with van der Waals surface area (Å²) in [7, 11) is 0. The van der Waals surface area contributed by atoms with Crippen molar-refractivity contribution in [2.24, 2.45) is 5.73 Å². The van der Waals surface area contributed by atoms with Gasteiger partial charge in [0.15, 0.2) is 0 Å². The summed E-state index contributed by atoms with van der Waals surface area (Å²) in [5.74, 6) is -0.00683. The SMILES string of the molecule is CC(C)(C(=O)NCCCCN)c1ccccc1Cl. The van der Waals surface area contributed by atoms with Crippen LogP contribution in [0.1, 0.15) is 32.3 Å². The van der Waals surface area contributed by atoms with Crippen LogP contribution in [0.4, 0.5) is 0 Å². The number of benzene rings is 1. The number of carbonyl (C=O) groups excluding carboxylic acids is 1. The van der Waals surface area contributed by atoms with Gasteiger partial charge in [-0.2, -0.15) is 0 Å². The Morgan fingerprint density at radius 1 is 1.33 bits per heavy atom. The van der Waals surface area contributed by atoms with E-state index in [1.54, 1.807) is 6.07 Å². The average Bonchev–Trinajstić information content (AvgIpc) is 2.34. The zero-order valence-electron chi connectivity index (χ0n) is 11.0. The van der Waals surface area contributed by atoms with Crippen molar-refractivity contribution >= 4 is 17.5 Å². The maximum absolute atomic E-state index is 12.2. The third-order valence-electron chi connectivity index (χ3n) is 3.03. The highest BCUT2D eigenvalue weighted by atomic mass is 35.5. The number of halogens is 1. The fraction of sp³-hybridized carbons (Fsp3) is 0.500. The molecule has 1 rings (SSSR count). The van der Waals surface area contributed by atoms with E-state index < -0.39 is 5.41 Å². The lowest BCUT2D eigenvalue weighted by Gasteiger charge is -2.25. The molecule has 0 aliphatic carbocycles. The molecule has 0 saturated carbocycles. The largest absolute Gasteiger partial charge is 0.355 e. The molecule has 0 aliphatic rings. The van der Waals surface area contributed by atoms with Crippen molar-refractivity contribution in [1.29, 1.82) is 0 Å². The molecular weight excluding hydrogens is 248 g/mol. The molecule has 1 aromatic rings. The Bertz CT molecular complexity index is 405. The van der Waals surface area contributed by atoms with Gasteiger partial charge in [0.2, 0.25) is 5.91 Å². The van der Waals surface area contributed by atoms with Crippen molar-refractivity contribution in [3.8, 4) is 0 Å². The summed E-state index contributed by atoms with van der Waals surface area (Å²) in [6.45, 7) is 5.08. The van der Waals surface area contributed by atoms with Crippen molar-refractivity contribution in [2.45, 2.75) is 32.1 Å². The van der Waals surface area contributed by atoms with Crippen LogP contribution in [0.25, 0.3) is 0 Å². The molecular formula is C14H21ClN2O. The van der Waals surface area contributed by atoms with Gasteiger partial charge in [-0.1, -0.05) is 29.8 Å². The highest BCUT2D eigenvalue weighted by Gasteiger charge is 2.31. The van der Waals surface area contributed by atoms with Gasteiger partial charge >= 0.3 is 0 Å². The third kappa shape index (κ3) is 3.72. The average molecular weight is 269 g/mol. The zero-order valence-corrected chi connectivity index (χ0v) is 11.8. The summed E-state index contributed by atoms with van der Waals surface area (Å²) in [5.41, 5.74) is 5.64. The molecule has 0 spiro atoms. The van der Waals surface area contributed by atoms with E-state index in [4.69, 9.17) is 17.3 Å². The normalized spacial score (nSPS) is 11.3. The van der Waals surface area contributed by atoms with Crippen LogP contribution in [0.15, 0.2) is 24.3 Å². The van der Waals surface area contributed by atoms with Crippen LogP contribution in [-0.4, -0.2) is 19.0 Å². The molecule has 0 aromatic heterocycles. The molecule has 0 atom stereocenters. The molecule has 0 heterocycles. The maximum atomic E-state index is 12.2. The first-order valence-electron chi connectivity index (χ1n) is 6.23. The fourth-order valence-electron chi connectivity index (χ4n) is 1.78. The summed E-state index contributed by atoms with van der Waals surface area (Å²) in [5, 5.41) is 3.55. The highest BCUT2D eigenvalue weighted by molar-refractivity contribution is 6.31. The minimum atomic E-state index is -0.624. The lowest BCUT2D eigenvalue weighted by Crippen LogP contribution is -2.40. The van der Waals surface area contributed by atoms with Crippen molar-refractivity contribution in [2.75, 3.05) is 13.1 Å². The second-order valence-electron chi connectivity index (χ2n) is 4.86. The predicted molar refractivity (Wildman–Crippen MR) is 75.8 cm³/mol.